The molecule has 0 saturated heterocycles. The van der Waals surface area contributed by atoms with Crippen LogP contribution in [0.3, 0.4) is 0 Å². The molecule has 0 radical (unpaired) electrons. The SMILES string of the molecule is CN(CC(=O)Nc1ccc(Cl)cc1C(F)(F)F)C1CCCc2ccccc21. The third-order valence-electron chi connectivity index (χ3n) is 4.82. The molecule has 3 rings (SSSR count). The Hall–Kier alpha value is -2.05. The van der Waals surface area contributed by atoms with Crippen molar-refractivity contribution in [2.24, 2.45) is 0 Å². The fourth-order valence-corrected chi connectivity index (χ4v) is 3.74. The van der Waals surface area contributed by atoms with Crippen LogP contribution < -0.4 is 5.32 Å². The fraction of sp³-hybridized carbons (Fsp3) is 0.350. The van der Waals surface area contributed by atoms with Crippen LogP contribution in [0.4, 0.5) is 18.9 Å². The van der Waals surface area contributed by atoms with Gasteiger partial charge in [0.15, 0.2) is 0 Å². The fourth-order valence-electron chi connectivity index (χ4n) is 3.57. The summed E-state index contributed by atoms with van der Waals surface area (Å²) in [5.41, 5.74) is 1.21. The van der Waals surface area contributed by atoms with Gasteiger partial charge >= 0.3 is 6.18 Å². The molecular weight excluding hydrogens is 377 g/mol. The Morgan fingerprint density at radius 1 is 1.26 bits per heavy atom. The summed E-state index contributed by atoms with van der Waals surface area (Å²) in [6, 6.07) is 11.5. The van der Waals surface area contributed by atoms with Gasteiger partial charge in [-0.05, 0) is 55.6 Å². The zero-order valence-electron chi connectivity index (χ0n) is 14.8. The number of anilines is 1. The Bertz CT molecular complexity index is 838. The number of hydrogen-bond acceptors (Lipinski definition) is 2. The van der Waals surface area contributed by atoms with Crippen LogP contribution >= 0.6 is 11.6 Å². The summed E-state index contributed by atoms with van der Waals surface area (Å²) >= 11 is 5.67. The summed E-state index contributed by atoms with van der Waals surface area (Å²) in [6.45, 7) is -0.00107. The number of benzene rings is 2. The first-order chi connectivity index (χ1) is 12.8. The zero-order valence-corrected chi connectivity index (χ0v) is 15.6. The largest absolute Gasteiger partial charge is 0.418 e. The molecule has 0 spiro atoms. The number of hydrogen-bond donors (Lipinski definition) is 1. The Labute approximate surface area is 161 Å². The number of carbonyl (C=O) groups is 1. The smallest absolute Gasteiger partial charge is 0.324 e. The molecule has 0 aliphatic heterocycles. The van der Waals surface area contributed by atoms with Gasteiger partial charge in [0.2, 0.25) is 5.91 Å². The van der Waals surface area contributed by atoms with E-state index in [9.17, 15) is 18.0 Å². The second kappa shape index (κ2) is 7.90. The molecule has 2 aromatic rings. The van der Waals surface area contributed by atoms with Crippen molar-refractivity contribution in [2.75, 3.05) is 18.9 Å². The summed E-state index contributed by atoms with van der Waals surface area (Å²) < 4.78 is 39.5. The first-order valence-corrected chi connectivity index (χ1v) is 9.08. The van der Waals surface area contributed by atoms with Crippen LogP contribution in [0.15, 0.2) is 42.5 Å². The Morgan fingerprint density at radius 2 is 2.00 bits per heavy atom. The van der Waals surface area contributed by atoms with Crippen LogP contribution in [-0.4, -0.2) is 24.4 Å². The van der Waals surface area contributed by atoms with Gasteiger partial charge in [0.1, 0.15) is 0 Å². The van der Waals surface area contributed by atoms with Crippen molar-refractivity contribution in [1.29, 1.82) is 0 Å². The summed E-state index contributed by atoms with van der Waals surface area (Å²) in [6.07, 6.45) is -1.66. The molecule has 144 valence electrons. The van der Waals surface area contributed by atoms with Gasteiger partial charge in [0, 0.05) is 11.1 Å². The van der Waals surface area contributed by atoms with E-state index in [-0.39, 0.29) is 23.3 Å². The average Bonchev–Trinajstić information content (AvgIpc) is 2.61. The molecule has 1 atom stereocenters. The molecule has 3 nitrogen and oxygen atoms in total. The van der Waals surface area contributed by atoms with E-state index in [0.717, 1.165) is 25.3 Å². The van der Waals surface area contributed by atoms with Gasteiger partial charge in [-0.1, -0.05) is 35.9 Å². The van der Waals surface area contributed by atoms with Crippen LogP contribution in [0.1, 0.15) is 35.6 Å². The number of halogens is 4. The third-order valence-corrected chi connectivity index (χ3v) is 5.06. The van der Waals surface area contributed by atoms with Gasteiger partial charge in [0.25, 0.3) is 0 Å². The van der Waals surface area contributed by atoms with E-state index in [4.69, 9.17) is 11.6 Å². The van der Waals surface area contributed by atoms with Crippen LogP contribution in [0.25, 0.3) is 0 Å². The number of alkyl halides is 3. The second-order valence-electron chi connectivity index (χ2n) is 6.76. The average molecular weight is 397 g/mol. The number of nitrogens with one attached hydrogen (secondary N) is 1. The lowest BCUT2D eigenvalue weighted by Crippen LogP contribution is -2.35. The Morgan fingerprint density at radius 3 is 2.74 bits per heavy atom. The minimum atomic E-state index is -4.60. The number of amides is 1. The predicted molar refractivity (Wildman–Crippen MR) is 99.8 cm³/mol. The topological polar surface area (TPSA) is 32.3 Å². The molecule has 1 aliphatic rings. The van der Waals surface area contributed by atoms with E-state index in [1.54, 1.807) is 0 Å². The number of nitrogens with zero attached hydrogens (tertiary/aromatic N) is 1. The highest BCUT2D eigenvalue weighted by molar-refractivity contribution is 6.30. The number of aryl methyl sites for hydroxylation is 1. The van der Waals surface area contributed by atoms with E-state index in [1.165, 1.54) is 23.3 Å². The van der Waals surface area contributed by atoms with Gasteiger partial charge in [-0.3, -0.25) is 9.69 Å². The lowest BCUT2D eigenvalue weighted by Gasteiger charge is -2.33. The van der Waals surface area contributed by atoms with Crippen molar-refractivity contribution >= 4 is 23.2 Å². The molecule has 0 saturated carbocycles. The molecule has 0 fully saturated rings. The van der Waals surface area contributed by atoms with Crippen molar-refractivity contribution in [1.82, 2.24) is 4.90 Å². The van der Waals surface area contributed by atoms with Gasteiger partial charge in [-0.2, -0.15) is 13.2 Å². The van der Waals surface area contributed by atoms with Gasteiger partial charge < -0.3 is 5.32 Å². The molecule has 1 unspecified atom stereocenters. The molecule has 7 heteroatoms. The van der Waals surface area contributed by atoms with Crippen molar-refractivity contribution in [2.45, 2.75) is 31.5 Å². The summed E-state index contributed by atoms with van der Waals surface area (Å²) in [7, 11) is 1.82. The minimum absolute atomic E-state index is 0.00107. The maximum Gasteiger partial charge on any atom is 0.418 e. The van der Waals surface area contributed by atoms with Crippen LogP contribution in [0, 0.1) is 0 Å². The number of carbonyl (C=O) groups excluding carboxylic acids is 1. The van der Waals surface area contributed by atoms with E-state index in [0.29, 0.717) is 0 Å². The summed E-state index contributed by atoms with van der Waals surface area (Å²) in [5, 5.41) is 2.35. The van der Waals surface area contributed by atoms with Crippen LogP contribution in [0.2, 0.25) is 5.02 Å². The van der Waals surface area contributed by atoms with Crippen LogP contribution in [0.5, 0.6) is 0 Å². The molecule has 2 aromatic carbocycles. The second-order valence-corrected chi connectivity index (χ2v) is 7.19. The number of rotatable bonds is 4. The van der Waals surface area contributed by atoms with Crippen molar-refractivity contribution in [3.63, 3.8) is 0 Å². The first-order valence-electron chi connectivity index (χ1n) is 8.70. The molecule has 0 aromatic heterocycles. The molecular formula is C20H20ClF3N2O. The normalized spacial score (nSPS) is 16.9. The Kier molecular flexibility index (Phi) is 5.77. The summed E-state index contributed by atoms with van der Waals surface area (Å²) in [5.74, 6) is -0.492. The maximum absolute atomic E-state index is 13.2. The molecule has 0 bridgehead atoms. The van der Waals surface area contributed by atoms with Crippen molar-refractivity contribution in [3.05, 3.63) is 64.2 Å². The predicted octanol–water partition coefficient (Wildman–Crippen LogP) is 5.31. The molecule has 1 N–H and O–H groups in total. The quantitative estimate of drug-likeness (QED) is 0.759. The highest BCUT2D eigenvalue weighted by atomic mass is 35.5. The number of likely N-dealkylation sites (N-methyl/N-ethyl adjacent to an activating group) is 1. The highest BCUT2D eigenvalue weighted by Crippen LogP contribution is 2.37. The molecule has 0 heterocycles. The van der Waals surface area contributed by atoms with Crippen LogP contribution in [-0.2, 0) is 17.4 Å². The van der Waals surface area contributed by atoms with E-state index in [2.05, 4.69) is 17.4 Å². The lowest BCUT2D eigenvalue weighted by atomic mass is 9.87. The van der Waals surface area contributed by atoms with E-state index in [1.807, 2.05) is 24.1 Å². The highest BCUT2D eigenvalue weighted by Gasteiger charge is 2.34. The van der Waals surface area contributed by atoms with Gasteiger partial charge in [0.05, 0.1) is 17.8 Å². The minimum Gasteiger partial charge on any atom is -0.324 e. The van der Waals surface area contributed by atoms with Gasteiger partial charge in [-0.15, -0.1) is 0 Å². The number of fused-ring (bicyclic) bond motifs is 1. The summed E-state index contributed by atoms with van der Waals surface area (Å²) in [4.78, 5) is 14.3. The van der Waals surface area contributed by atoms with Gasteiger partial charge in [-0.25, -0.2) is 0 Å². The van der Waals surface area contributed by atoms with E-state index < -0.39 is 17.6 Å². The Balaban J connectivity index is 1.72. The lowest BCUT2D eigenvalue weighted by molar-refractivity contribution is -0.137. The zero-order chi connectivity index (χ0) is 19.6. The standard InChI is InChI=1S/C20H20ClF3N2O/c1-26(18-8-4-6-13-5-2-3-7-15(13)18)12-19(27)25-17-10-9-14(21)11-16(17)20(22,23)24/h2-3,5,7,9-11,18H,4,6,8,12H2,1H3,(H,25,27). The third kappa shape index (κ3) is 4.62. The van der Waals surface area contributed by atoms with E-state index >= 15 is 0 Å². The first kappa shape index (κ1) is 19.7. The monoisotopic (exact) mass is 396 g/mol. The molecule has 1 amide bonds. The maximum atomic E-state index is 13.2. The van der Waals surface area contributed by atoms with Crippen molar-refractivity contribution < 1.29 is 18.0 Å². The van der Waals surface area contributed by atoms with Crippen molar-refractivity contribution in [3.8, 4) is 0 Å². The molecule has 1 aliphatic carbocycles. The molecule has 27 heavy (non-hydrogen) atoms.